The minimum Gasteiger partial charge on any atom is -0.493 e. The molecular weight excluding hydrogens is 418 g/mol. The van der Waals surface area contributed by atoms with Crippen molar-refractivity contribution in [3.05, 3.63) is 48.0 Å². The molecule has 3 aromatic rings. The number of methoxy groups -OCH3 is 2. The van der Waals surface area contributed by atoms with Crippen LogP contribution in [-0.4, -0.2) is 61.2 Å². The second kappa shape index (κ2) is 8.77. The standard InChI is InChI=1S/C25H29N5O3/c1-32-21-14-19-20(15-22(21)33-2)27-25(28-23(19)26)30-12-10-29(11-13-30)24(31)18-9-8-17(18)16-6-4-3-5-7-16/h3-7,14-15,17-18H,8-13H2,1-2H3,(H2,26,27,28). The van der Waals surface area contributed by atoms with Crippen molar-refractivity contribution in [1.82, 2.24) is 14.9 Å². The Morgan fingerprint density at radius 3 is 2.30 bits per heavy atom. The summed E-state index contributed by atoms with van der Waals surface area (Å²) in [5.74, 6) is 2.86. The average Bonchev–Trinajstić information content (AvgIpc) is 2.83. The number of nitrogens with two attached hydrogens (primary N) is 1. The molecule has 33 heavy (non-hydrogen) atoms. The van der Waals surface area contributed by atoms with Gasteiger partial charge in [0.2, 0.25) is 11.9 Å². The van der Waals surface area contributed by atoms with Gasteiger partial charge in [-0.15, -0.1) is 0 Å². The summed E-state index contributed by atoms with van der Waals surface area (Å²) >= 11 is 0. The molecular formula is C25H29N5O3. The largest absolute Gasteiger partial charge is 0.493 e. The lowest BCUT2D eigenvalue weighted by Crippen LogP contribution is -2.52. The molecule has 2 atom stereocenters. The zero-order valence-electron chi connectivity index (χ0n) is 19.0. The number of amides is 1. The third kappa shape index (κ3) is 3.90. The molecule has 172 valence electrons. The van der Waals surface area contributed by atoms with Crippen LogP contribution >= 0.6 is 0 Å². The summed E-state index contributed by atoms with van der Waals surface area (Å²) in [4.78, 5) is 26.5. The molecule has 8 nitrogen and oxygen atoms in total. The third-order valence-corrected chi connectivity index (χ3v) is 6.91. The first-order valence-electron chi connectivity index (χ1n) is 11.4. The molecule has 2 fully saturated rings. The Bertz CT molecular complexity index is 1160. The van der Waals surface area contributed by atoms with Gasteiger partial charge in [-0.2, -0.15) is 4.98 Å². The predicted molar refractivity (Wildman–Crippen MR) is 128 cm³/mol. The van der Waals surface area contributed by atoms with Crippen molar-refractivity contribution in [2.24, 2.45) is 5.92 Å². The first-order chi connectivity index (χ1) is 16.1. The van der Waals surface area contributed by atoms with Gasteiger partial charge in [0.05, 0.1) is 19.7 Å². The molecule has 1 amide bonds. The highest BCUT2D eigenvalue weighted by Crippen LogP contribution is 2.43. The molecule has 5 rings (SSSR count). The van der Waals surface area contributed by atoms with Gasteiger partial charge in [-0.05, 0) is 30.4 Å². The van der Waals surface area contributed by atoms with Crippen LogP contribution < -0.4 is 20.1 Å². The van der Waals surface area contributed by atoms with E-state index in [1.165, 1.54) is 5.56 Å². The molecule has 1 saturated carbocycles. The molecule has 0 bridgehead atoms. The van der Waals surface area contributed by atoms with Crippen LogP contribution in [0.3, 0.4) is 0 Å². The van der Waals surface area contributed by atoms with Crippen LogP contribution in [0.2, 0.25) is 0 Å². The Morgan fingerprint density at radius 2 is 1.67 bits per heavy atom. The molecule has 1 saturated heterocycles. The van der Waals surface area contributed by atoms with Gasteiger partial charge in [0.15, 0.2) is 11.5 Å². The van der Waals surface area contributed by atoms with E-state index in [0.717, 1.165) is 18.2 Å². The van der Waals surface area contributed by atoms with Crippen LogP contribution in [0, 0.1) is 5.92 Å². The number of ether oxygens (including phenoxy) is 2. The fraction of sp³-hybridized carbons (Fsp3) is 0.400. The Labute approximate surface area is 193 Å². The first-order valence-corrected chi connectivity index (χ1v) is 11.4. The van der Waals surface area contributed by atoms with Crippen LogP contribution in [0.5, 0.6) is 11.5 Å². The Kier molecular flexibility index (Phi) is 5.66. The van der Waals surface area contributed by atoms with Crippen molar-refractivity contribution >= 4 is 28.6 Å². The Balaban J connectivity index is 1.28. The zero-order valence-corrected chi connectivity index (χ0v) is 19.0. The van der Waals surface area contributed by atoms with E-state index in [4.69, 9.17) is 20.2 Å². The number of carbonyl (C=O) groups excluding carboxylic acids is 1. The van der Waals surface area contributed by atoms with Gasteiger partial charge >= 0.3 is 0 Å². The molecule has 0 spiro atoms. The molecule has 1 aliphatic carbocycles. The Hall–Kier alpha value is -3.55. The smallest absolute Gasteiger partial charge is 0.228 e. The van der Waals surface area contributed by atoms with Crippen molar-refractivity contribution in [3.63, 3.8) is 0 Å². The van der Waals surface area contributed by atoms with Crippen molar-refractivity contribution < 1.29 is 14.3 Å². The second-order valence-corrected chi connectivity index (χ2v) is 8.65. The van der Waals surface area contributed by atoms with E-state index in [9.17, 15) is 4.79 Å². The lowest BCUT2D eigenvalue weighted by molar-refractivity contribution is -0.139. The van der Waals surface area contributed by atoms with E-state index >= 15 is 0 Å². The number of nitrogen functional groups attached to an aromatic ring is 1. The number of nitrogens with zero attached hydrogens (tertiary/aromatic N) is 4. The average molecular weight is 448 g/mol. The van der Waals surface area contributed by atoms with Crippen molar-refractivity contribution in [3.8, 4) is 11.5 Å². The number of fused-ring (bicyclic) bond motifs is 1. The fourth-order valence-corrected chi connectivity index (χ4v) is 4.86. The van der Waals surface area contributed by atoms with Gasteiger partial charge in [0.1, 0.15) is 5.82 Å². The number of hydrogen-bond donors (Lipinski definition) is 1. The van der Waals surface area contributed by atoms with Crippen molar-refractivity contribution in [2.45, 2.75) is 18.8 Å². The summed E-state index contributed by atoms with van der Waals surface area (Å²) in [7, 11) is 3.18. The maximum atomic E-state index is 13.2. The van der Waals surface area contributed by atoms with E-state index in [-0.39, 0.29) is 11.8 Å². The topological polar surface area (TPSA) is 93.8 Å². The number of carbonyl (C=O) groups is 1. The number of anilines is 2. The molecule has 0 radical (unpaired) electrons. The molecule has 2 heterocycles. The second-order valence-electron chi connectivity index (χ2n) is 8.65. The van der Waals surface area contributed by atoms with Gasteiger partial charge in [-0.25, -0.2) is 4.98 Å². The number of rotatable bonds is 5. The third-order valence-electron chi connectivity index (χ3n) is 6.91. The lowest BCUT2D eigenvalue weighted by Gasteiger charge is -2.42. The first kappa shape index (κ1) is 21.3. The molecule has 1 aliphatic heterocycles. The number of benzene rings is 2. The lowest BCUT2D eigenvalue weighted by atomic mass is 9.69. The molecule has 1 aromatic heterocycles. The summed E-state index contributed by atoms with van der Waals surface area (Å²) in [6.45, 7) is 2.66. The highest BCUT2D eigenvalue weighted by atomic mass is 16.5. The number of piperazine rings is 1. The van der Waals surface area contributed by atoms with E-state index < -0.39 is 0 Å². The monoisotopic (exact) mass is 447 g/mol. The SMILES string of the molecule is COc1cc2nc(N3CCN(C(=O)C4CCC4c4ccccc4)CC3)nc(N)c2cc1OC. The van der Waals surface area contributed by atoms with Gasteiger partial charge < -0.3 is 25.0 Å². The zero-order chi connectivity index (χ0) is 22.9. The van der Waals surface area contributed by atoms with Crippen LogP contribution in [0.4, 0.5) is 11.8 Å². The van der Waals surface area contributed by atoms with Crippen LogP contribution in [-0.2, 0) is 4.79 Å². The van der Waals surface area contributed by atoms with Crippen LogP contribution in [0.25, 0.3) is 10.9 Å². The molecule has 2 N–H and O–H groups in total. The summed E-state index contributed by atoms with van der Waals surface area (Å²) in [5, 5.41) is 0.724. The quantitative estimate of drug-likeness (QED) is 0.642. The van der Waals surface area contributed by atoms with Crippen molar-refractivity contribution in [1.29, 1.82) is 0 Å². The summed E-state index contributed by atoms with van der Waals surface area (Å²) in [5.41, 5.74) is 8.23. The van der Waals surface area contributed by atoms with Gasteiger partial charge in [-0.1, -0.05) is 30.3 Å². The molecule has 2 aromatic carbocycles. The van der Waals surface area contributed by atoms with Crippen molar-refractivity contribution in [2.75, 3.05) is 51.0 Å². The van der Waals surface area contributed by atoms with Crippen LogP contribution in [0.15, 0.2) is 42.5 Å². The Morgan fingerprint density at radius 1 is 0.970 bits per heavy atom. The molecule has 2 unspecified atom stereocenters. The van der Waals surface area contributed by atoms with E-state index in [1.54, 1.807) is 20.3 Å². The molecule has 2 aliphatic rings. The number of aromatic nitrogens is 2. The minimum atomic E-state index is 0.0916. The number of hydrogen-bond acceptors (Lipinski definition) is 7. The van der Waals surface area contributed by atoms with Gasteiger partial charge in [-0.3, -0.25) is 4.79 Å². The van der Waals surface area contributed by atoms with E-state index in [2.05, 4.69) is 34.1 Å². The highest BCUT2D eigenvalue weighted by Gasteiger charge is 2.40. The maximum absolute atomic E-state index is 13.2. The summed E-state index contributed by atoms with van der Waals surface area (Å²) in [6.07, 6.45) is 2.05. The predicted octanol–water partition coefficient (Wildman–Crippen LogP) is 3.07. The summed E-state index contributed by atoms with van der Waals surface area (Å²) in [6, 6.07) is 14.0. The van der Waals surface area contributed by atoms with E-state index in [1.807, 2.05) is 17.0 Å². The maximum Gasteiger partial charge on any atom is 0.228 e. The van der Waals surface area contributed by atoms with E-state index in [0.29, 0.717) is 60.9 Å². The minimum absolute atomic E-state index is 0.0916. The summed E-state index contributed by atoms with van der Waals surface area (Å²) < 4.78 is 10.8. The normalized spacial score (nSPS) is 20.4. The van der Waals surface area contributed by atoms with Crippen LogP contribution in [0.1, 0.15) is 24.3 Å². The fourth-order valence-electron chi connectivity index (χ4n) is 4.86. The van der Waals surface area contributed by atoms with Gasteiger partial charge in [0.25, 0.3) is 0 Å². The highest BCUT2D eigenvalue weighted by molar-refractivity contribution is 5.91. The molecule has 8 heteroatoms. The van der Waals surface area contributed by atoms with Gasteiger partial charge in [0, 0.05) is 43.5 Å².